The molecule has 31 heavy (non-hydrogen) atoms. The monoisotopic (exact) mass is 479 g/mol. The normalized spacial score (nSPS) is 17.7. The van der Waals surface area contributed by atoms with Crippen LogP contribution in [0.5, 0.6) is 5.88 Å². The topological polar surface area (TPSA) is 82.2 Å². The van der Waals surface area contributed by atoms with E-state index in [1.165, 1.54) is 40.0 Å². The van der Waals surface area contributed by atoms with Crippen LogP contribution in [0.1, 0.15) is 19.5 Å². The van der Waals surface area contributed by atoms with Crippen molar-refractivity contribution in [1.29, 1.82) is 0 Å². The molecule has 1 atom stereocenters. The minimum atomic E-state index is -4.45. The largest absolute Gasteiger partial charge is 0.476 e. The molecule has 0 saturated carbocycles. The van der Waals surface area contributed by atoms with E-state index in [9.17, 15) is 21.6 Å². The molecule has 2 aromatic heterocycles. The SMILES string of the molecule is Cc1nn(C)cc1S(=O)(=O)N1C(n2ccc(OCC(C)(C)C(F)(F)F)n2)=CC=CC1Cl. The summed E-state index contributed by atoms with van der Waals surface area (Å²) in [5.41, 5.74) is -2.85. The lowest BCUT2D eigenvalue weighted by molar-refractivity contribution is -0.219. The number of aromatic nitrogens is 4. The third-order valence-electron chi connectivity index (χ3n) is 4.62. The quantitative estimate of drug-likeness (QED) is 0.467. The Balaban J connectivity index is 1.90. The summed E-state index contributed by atoms with van der Waals surface area (Å²) < 4.78 is 74.4. The van der Waals surface area contributed by atoms with E-state index in [2.05, 4.69) is 10.2 Å². The molecule has 0 aromatic carbocycles. The maximum Gasteiger partial charge on any atom is 0.397 e. The van der Waals surface area contributed by atoms with Gasteiger partial charge in [-0.1, -0.05) is 17.7 Å². The Labute approximate surface area is 182 Å². The molecule has 3 rings (SSSR count). The van der Waals surface area contributed by atoms with Crippen LogP contribution in [0.4, 0.5) is 13.2 Å². The van der Waals surface area contributed by atoms with Crippen molar-refractivity contribution >= 4 is 27.4 Å². The van der Waals surface area contributed by atoms with Crippen molar-refractivity contribution in [3.8, 4) is 5.88 Å². The summed E-state index contributed by atoms with van der Waals surface area (Å²) in [5, 5.41) is 8.14. The maximum atomic E-state index is 13.3. The van der Waals surface area contributed by atoms with E-state index in [4.69, 9.17) is 16.3 Å². The summed E-state index contributed by atoms with van der Waals surface area (Å²) in [5.74, 6) is -0.00973. The minimum absolute atomic E-state index is 0.0302. The molecule has 0 bridgehead atoms. The summed E-state index contributed by atoms with van der Waals surface area (Å²) in [6, 6.07) is 1.34. The molecular formula is C18H21ClF3N5O3S. The fraction of sp³-hybridized carbons (Fsp3) is 0.444. The molecule has 0 fully saturated rings. The Kier molecular flexibility index (Phi) is 5.91. The van der Waals surface area contributed by atoms with E-state index in [1.54, 1.807) is 20.0 Å². The van der Waals surface area contributed by atoms with Gasteiger partial charge >= 0.3 is 6.18 Å². The van der Waals surface area contributed by atoms with Gasteiger partial charge in [0.05, 0.1) is 11.1 Å². The lowest BCUT2D eigenvalue weighted by Crippen LogP contribution is -2.38. The van der Waals surface area contributed by atoms with Gasteiger partial charge in [0.15, 0.2) is 0 Å². The molecule has 0 aliphatic carbocycles. The van der Waals surface area contributed by atoms with Crippen LogP contribution in [-0.2, 0) is 17.1 Å². The predicted molar refractivity (Wildman–Crippen MR) is 108 cm³/mol. The van der Waals surface area contributed by atoms with Crippen LogP contribution in [0.15, 0.2) is 41.6 Å². The number of halogens is 4. The number of aryl methyl sites for hydroxylation is 2. The zero-order chi connectivity index (χ0) is 23.2. The molecule has 0 N–H and O–H groups in total. The number of rotatable bonds is 6. The number of nitrogens with zero attached hydrogens (tertiary/aromatic N) is 5. The second-order valence-corrected chi connectivity index (χ2v) is 9.84. The Morgan fingerprint density at radius 1 is 1.26 bits per heavy atom. The second kappa shape index (κ2) is 7.90. The van der Waals surface area contributed by atoms with Crippen molar-refractivity contribution in [3.05, 3.63) is 42.4 Å². The molecule has 0 saturated heterocycles. The summed E-state index contributed by atoms with van der Waals surface area (Å²) in [6.07, 6.45) is 2.79. The summed E-state index contributed by atoms with van der Waals surface area (Å²) >= 11 is 6.29. The number of hydrogen-bond acceptors (Lipinski definition) is 5. The van der Waals surface area contributed by atoms with E-state index >= 15 is 0 Å². The van der Waals surface area contributed by atoms with Crippen molar-refractivity contribution in [2.75, 3.05) is 6.61 Å². The number of sulfonamides is 1. The van der Waals surface area contributed by atoms with Crippen molar-refractivity contribution in [3.63, 3.8) is 0 Å². The van der Waals surface area contributed by atoms with E-state index in [1.807, 2.05) is 0 Å². The lowest BCUT2D eigenvalue weighted by Gasteiger charge is -2.30. The van der Waals surface area contributed by atoms with Gasteiger partial charge in [-0.25, -0.2) is 17.4 Å². The van der Waals surface area contributed by atoms with Gasteiger partial charge in [-0.3, -0.25) is 4.68 Å². The van der Waals surface area contributed by atoms with Crippen molar-refractivity contribution < 1.29 is 26.3 Å². The molecule has 2 aromatic rings. The van der Waals surface area contributed by atoms with E-state index in [0.717, 1.165) is 18.2 Å². The highest BCUT2D eigenvalue weighted by Gasteiger charge is 2.48. The van der Waals surface area contributed by atoms with E-state index in [-0.39, 0.29) is 16.6 Å². The zero-order valence-electron chi connectivity index (χ0n) is 17.1. The highest BCUT2D eigenvalue weighted by Crippen LogP contribution is 2.38. The number of hydrogen-bond donors (Lipinski definition) is 0. The molecule has 0 radical (unpaired) electrons. The first-order valence-corrected chi connectivity index (χ1v) is 10.9. The van der Waals surface area contributed by atoms with Crippen LogP contribution in [0.3, 0.4) is 0 Å². The Hall–Kier alpha value is -2.47. The summed E-state index contributed by atoms with van der Waals surface area (Å²) in [6.45, 7) is 2.94. The van der Waals surface area contributed by atoms with Crippen LogP contribution >= 0.6 is 11.6 Å². The lowest BCUT2D eigenvalue weighted by atomic mass is 9.94. The van der Waals surface area contributed by atoms with Crippen molar-refractivity contribution in [2.24, 2.45) is 12.5 Å². The zero-order valence-corrected chi connectivity index (χ0v) is 18.7. The smallest absolute Gasteiger partial charge is 0.397 e. The molecule has 3 heterocycles. The van der Waals surface area contributed by atoms with Crippen LogP contribution in [0.2, 0.25) is 0 Å². The molecule has 8 nitrogen and oxygen atoms in total. The first kappa shape index (κ1) is 23.2. The molecule has 0 spiro atoms. The van der Waals surface area contributed by atoms with Gasteiger partial charge in [0.1, 0.15) is 22.8 Å². The van der Waals surface area contributed by atoms with Crippen LogP contribution in [0.25, 0.3) is 5.82 Å². The number of ether oxygens (including phenoxy) is 1. The third-order valence-corrected chi connectivity index (χ3v) is 6.96. The first-order chi connectivity index (χ1) is 14.2. The minimum Gasteiger partial charge on any atom is -0.476 e. The highest BCUT2D eigenvalue weighted by atomic mass is 35.5. The average molecular weight is 480 g/mol. The second-order valence-electron chi connectivity index (χ2n) is 7.60. The van der Waals surface area contributed by atoms with Gasteiger partial charge < -0.3 is 4.74 Å². The van der Waals surface area contributed by atoms with Crippen LogP contribution in [-0.4, -0.2) is 50.6 Å². The molecule has 1 aliphatic heterocycles. The van der Waals surface area contributed by atoms with E-state index < -0.39 is 33.7 Å². The van der Waals surface area contributed by atoms with Gasteiger partial charge in [0.25, 0.3) is 10.0 Å². The van der Waals surface area contributed by atoms with Gasteiger partial charge in [-0.2, -0.15) is 18.3 Å². The van der Waals surface area contributed by atoms with Gasteiger partial charge in [-0.15, -0.1) is 5.10 Å². The van der Waals surface area contributed by atoms with Gasteiger partial charge in [0, 0.05) is 25.5 Å². The van der Waals surface area contributed by atoms with Crippen molar-refractivity contribution in [1.82, 2.24) is 23.9 Å². The van der Waals surface area contributed by atoms with Gasteiger partial charge in [0.2, 0.25) is 5.88 Å². The molecule has 13 heteroatoms. The molecular weight excluding hydrogens is 459 g/mol. The third kappa shape index (κ3) is 4.45. The maximum absolute atomic E-state index is 13.3. The summed E-state index contributed by atoms with van der Waals surface area (Å²) in [4.78, 5) is -0.0302. The molecule has 1 unspecified atom stereocenters. The highest BCUT2D eigenvalue weighted by molar-refractivity contribution is 7.89. The number of allylic oxidation sites excluding steroid dienone is 2. The fourth-order valence-corrected chi connectivity index (χ4v) is 4.87. The Morgan fingerprint density at radius 2 is 1.94 bits per heavy atom. The fourth-order valence-electron chi connectivity index (χ4n) is 2.73. The van der Waals surface area contributed by atoms with E-state index in [0.29, 0.717) is 5.69 Å². The predicted octanol–water partition coefficient (Wildman–Crippen LogP) is 3.52. The molecule has 1 aliphatic rings. The van der Waals surface area contributed by atoms with Crippen LogP contribution < -0.4 is 4.74 Å². The van der Waals surface area contributed by atoms with Crippen molar-refractivity contribution in [2.45, 2.75) is 37.3 Å². The Morgan fingerprint density at radius 3 is 2.52 bits per heavy atom. The van der Waals surface area contributed by atoms with Gasteiger partial charge in [-0.05, 0) is 32.9 Å². The molecule has 170 valence electrons. The standard InChI is InChI=1S/C18H21ClF3N5O3S/c1-12-13(10-25(4)23-12)31(28,29)27-14(19)6-5-7-16(27)26-9-8-15(24-26)30-11-17(2,3)18(20,21)22/h5-10,14H,11H2,1-4H3. The number of alkyl halides is 4. The summed E-state index contributed by atoms with van der Waals surface area (Å²) in [7, 11) is -2.52. The molecule has 0 amide bonds. The first-order valence-electron chi connectivity index (χ1n) is 9.07. The average Bonchev–Trinajstić information content (AvgIpc) is 3.25. The van der Waals surface area contributed by atoms with Crippen LogP contribution in [0, 0.1) is 12.3 Å². The Bertz CT molecular complexity index is 1130.